The Morgan fingerprint density at radius 3 is 2.44 bits per heavy atom. The standard InChI is InChI=1S/C14H23FN2O/c1-4-17(11(2)10-18-3)9-14(16)12-5-7-13(15)8-6-12/h5-8,11,14H,4,9-10,16H2,1-3H3. The smallest absolute Gasteiger partial charge is 0.123 e. The third-order valence-corrected chi connectivity index (χ3v) is 3.17. The molecule has 1 aromatic carbocycles. The number of hydrogen-bond acceptors (Lipinski definition) is 3. The van der Waals surface area contributed by atoms with Crippen molar-refractivity contribution in [2.24, 2.45) is 5.73 Å². The highest BCUT2D eigenvalue weighted by atomic mass is 19.1. The van der Waals surface area contributed by atoms with E-state index in [1.807, 2.05) is 0 Å². The summed E-state index contributed by atoms with van der Waals surface area (Å²) in [6.07, 6.45) is 0. The average Bonchev–Trinajstić information content (AvgIpc) is 2.36. The van der Waals surface area contributed by atoms with Gasteiger partial charge in [-0.05, 0) is 31.2 Å². The van der Waals surface area contributed by atoms with E-state index in [1.165, 1.54) is 12.1 Å². The van der Waals surface area contributed by atoms with Crippen LogP contribution in [0.3, 0.4) is 0 Å². The zero-order chi connectivity index (χ0) is 13.5. The van der Waals surface area contributed by atoms with Gasteiger partial charge in [0.1, 0.15) is 5.82 Å². The first-order chi connectivity index (χ1) is 8.58. The van der Waals surface area contributed by atoms with Crippen LogP contribution in [0.4, 0.5) is 4.39 Å². The van der Waals surface area contributed by atoms with Gasteiger partial charge in [0, 0.05) is 25.7 Å². The third-order valence-electron chi connectivity index (χ3n) is 3.17. The molecular formula is C14H23FN2O. The Hall–Kier alpha value is -0.970. The number of likely N-dealkylation sites (N-methyl/N-ethyl adjacent to an activating group) is 1. The zero-order valence-electron chi connectivity index (χ0n) is 11.4. The Balaban J connectivity index is 2.61. The number of methoxy groups -OCH3 is 1. The summed E-state index contributed by atoms with van der Waals surface area (Å²) in [6.45, 7) is 6.56. The minimum Gasteiger partial charge on any atom is -0.383 e. The molecule has 18 heavy (non-hydrogen) atoms. The van der Waals surface area contributed by atoms with Crippen molar-refractivity contribution in [1.29, 1.82) is 0 Å². The van der Waals surface area contributed by atoms with E-state index < -0.39 is 0 Å². The molecule has 2 unspecified atom stereocenters. The van der Waals surface area contributed by atoms with E-state index >= 15 is 0 Å². The maximum atomic E-state index is 12.8. The summed E-state index contributed by atoms with van der Waals surface area (Å²) in [5, 5.41) is 0. The topological polar surface area (TPSA) is 38.5 Å². The van der Waals surface area contributed by atoms with Gasteiger partial charge in [-0.25, -0.2) is 4.39 Å². The van der Waals surface area contributed by atoms with Gasteiger partial charge < -0.3 is 10.5 Å². The van der Waals surface area contributed by atoms with Gasteiger partial charge in [0.2, 0.25) is 0 Å². The fraction of sp³-hybridized carbons (Fsp3) is 0.571. The maximum Gasteiger partial charge on any atom is 0.123 e. The summed E-state index contributed by atoms with van der Waals surface area (Å²) in [4.78, 5) is 2.26. The molecule has 0 spiro atoms. The molecule has 0 aliphatic rings. The van der Waals surface area contributed by atoms with Crippen LogP contribution in [0, 0.1) is 5.82 Å². The van der Waals surface area contributed by atoms with E-state index in [9.17, 15) is 4.39 Å². The van der Waals surface area contributed by atoms with Gasteiger partial charge in [0.25, 0.3) is 0 Å². The fourth-order valence-corrected chi connectivity index (χ4v) is 2.04. The summed E-state index contributed by atoms with van der Waals surface area (Å²) < 4.78 is 18.0. The molecular weight excluding hydrogens is 231 g/mol. The predicted molar refractivity (Wildman–Crippen MR) is 71.9 cm³/mol. The Morgan fingerprint density at radius 1 is 1.33 bits per heavy atom. The third kappa shape index (κ3) is 4.37. The molecule has 0 radical (unpaired) electrons. The summed E-state index contributed by atoms with van der Waals surface area (Å²) in [5.41, 5.74) is 7.11. The van der Waals surface area contributed by atoms with Gasteiger partial charge in [-0.2, -0.15) is 0 Å². The number of nitrogens with two attached hydrogens (primary N) is 1. The number of nitrogens with zero attached hydrogens (tertiary/aromatic N) is 1. The van der Waals surface area contributed by atoms with Crippen LogP contribution >= 0.6 is 0 Å². The molecule has 4 heteroatoms. The van der Waals surface area contributed by atoms with Crippen molar-refractivity contribution in [1.82, 2.24) is 4.90 Å². The molecule has 0 bridgehead atoms. The number of ether oxygens (including phenoxy) is 1. The van der Waals surface area contributed by atoms with Crippen LogP contribution in [-0.2, 0) is 4.74 Å². The molecule has 0 saturated heterocycles. The highest BCUT2D eigenvalue weighted by molar-refractivity contribution is 5.19. The molecule has 0 aromatic heterocycles. The van der Waals surface area contributed by atoms with Gasteiger partial charge in [-0.1, -0.05) is 19.1 Å². The molecule has 0 aliphatic heterocycles. The molecule has 0 saturated carbocycles. The van der Waals surface area contributed by atoms with Gasteiger partial charge in [0.05, 0.1) is 6.61 Å². The highest BCUT2D eigenvalue weighted by Crippen LogP contribution is 2.14. The van der Waals surface area contributed by atoms with Crippen molar-refractivity contribution in [2.75, 3.05) is 26.8 Å². The second-order valence-corrected chi connectivity index (χ2v) is 4.55. The first-order valence-corrected chi connectivity index (χ1v) is 6.32. The maximum absolute atomic E-state index is 12.8. The molecule has 3 nitrogen and oxygen atoms in total. The van der Waals surface area contributed by atoms with Crippen molar-refractivity contribution >= 4 is 0 Å². The number of rotatable bonds is 7. The van der Waals surface area contributed by atoms with Crippen LogP contribution in [0.25, 0.3) is 0 Å². The van der Waals surface area contributed by atoms with Crippen molar-refractivity contribution in [2.45, 2.75) is 25.9 Å². The zero-order valence-corrected chi connectivity index (χ0v) is 11.4. The Bertz CT molecular complexity index is 342. The first kappa shape index (κ1) is 15.1. The van der Waals surface area contributed by atoms with Crippen molar-refractivity contribution < 1.29 is 9.13 Å². The van der Waals surface area contributed by atoms with Crippen molar-refractivity contribution in [3.63, 3.8) is 0 Å². The quantitative estimate of drug-likeness (QED) is 0.810. The fourth-order valence-electron chi connectivity index (χ4n) is 2.04. The Morgan fingerprint density at radius 2 is 1.94 bits per heavy atom. The van der Waals surface area contributed by atoms with Gasteiger partial charge >= 0.3 is 0 Å². The molecule has 2 atom stereocenters. The van der Waals surface area contributed by atoms with E-state index in [4.69, 9.17) is 10.5 Å². The monoisotopic (exact) mass is 254 g/mol. The van der Waals surface area contributed by atoms with E-state index in [2.05, 4.69) is 18.7 Å². The number of halogens is 1. The molecule has 2 N–H and O–H groups in total. The van der Waals surface area contributed by atoms with Gasteiger partial charge in [-0.3, -0.25) is 4.90 Å². The van der Waals surface area contributed by atoms with Crippen LogP contribution in [-0.4, -0.2) is 37.7 Å². The summed E-state index contributed by atoms with van der Waals surface area (Å²) >= 11 is 0. The summed E-state index contributed by atoms with van der Waals surface area (Å²) in [5.74, 6) is -0.231. The normalized spacial score (nSPS) is 14.8. The van der Waals surface area contributed by atoms with Crippen LogP contribution in [0.5, 0.6) is 0 Å². The second-order valence-electron chi connectivity index (χ2n) is 4.55. The lowest BCUT2D eigenvalue weighted by Crippen LogP contribution is -2.40. The van der Waals surface area contributed by atoms with Gasteiger partial charge in [-0.15, -0.1) is 0 Å². The number of hydrogen-bond donors (Lipinski definition) is 1. The van der Waals surface area contributed by atoms with Crippen LogP contribution in [0.15, 0.2) is 24.3 Å². The second kappa shape index (κ2) is 7.46. The largest absolute Gasteiger partial charge is 0.383 e. The minimum atomic E-state index is -0.231. The molecule has 0 amide bonds. The molecule has 0 aliphatic carbocycles. The lowest BCUT2D eigenvalue weighted by atomic mass is 10.1. The highest BCUT2D eigenvalue weighted by Gasteiger charge is 2.16. The average molecular weight is 254 g/mol. The molecule has 0 fully saturated rings. The molecule has 1 aromatic rings. The summed E-state index contributed by atoms with van der Waals surface area (Å²) in [7, 11) is 1.70. The summed E-state index contributed by atoms with van der Waals surface area (Å²) in [6, 6.07) is 6.61. The van der Waals surface area contributed by atoms with Crippen LogP contribution in [0.2, 0.25) is 0 Å². The van der Waals surface area contributed by atoms with Gasteiger partial charge in [0.15, 0.2) is 0 Å². The molecule has 102 valence electrons. The predicted octanol–water partition coefficient (Wildman–Crippen LogP) is 2.18. The van der Waals surface area contributed by atoms with Crippen LogP contribution in [0.1, 0.15) is 25.5 Å². The van der Waals surface area contributed by atoms with Crippen molar-refractivity contribution in [3.8, 4) is 0 Å². The number of benzene rings is 1. The SMILES string of the molecule is CCN(CC(N)c1ccc(F)cc1)C(C)COC. The minimum absolute atomic E-state index is 0.107. The van der Waals surface area contributed by atoms with Crippen molar-refractivity contribution in [3.05, 3.63) is 35.6 Å². The Labute approximate surface area is 109 Å². The van der Waals surface area contributed by atoms with E-state index in [0.717, 1.165) is 18.7 Å². The lowest BCUT2D eigenvalue weighted by molar-refractivity contribution is 0.0986. The molecule has 1 rings (SSSR count). The van der Waals surface area contributed by atoms with Crippen LogP contribution < -0.4 is 5.73 Å². The lowest BCUT2D eigenvalue weighted by Gasteiger charge is -2.30. The van der Waals surface area contributed by atoms with E-state index in [-0.39, 0.29) is 11.9 Å². The van der Waals surface area contributed by atoms with E-state index in [0.29, 0.717) is 12.6 Å². The Kier molecular flexibility index (Phi) is 6.25. The van der Waals surface area contributed by atoms with E-state index in [1.54, 1.807) is 19.2 Å². The molecule has 0 heterocycles. The first-order valence-electron chi connectivity index (χ1n) is 6.32.